The number of piperazine rings is 1. The Morgan fingerprint density at radius 1 is 1.03 bits per heavy atom. The first kappa shape index (κ1) is 46.3. The summed E-state index contributed by atoms with van der Waals surface area (Å²) in [5.74, 6) is -6.43. The molecule has 0 saturated carbocycles. The lowest BCUT2D eigenvalue weighted by Crippen LogP contribution is -2.46. The molecule has 336 valence electrons. The number of amides is 1. The van der Waals surface area contributed by atoms with Crippen LogP contribution in [0.25, 0.3) is 21.8 Å². The number of phenolic OH excluding ortho intramolecular Hbond substituents is 1. The molecule has 0 radical (unpaired) electrons. The van der Waals surface area contributed by atoms with Crippen LogP contribution in [0.5, 0.6) is 11.5 Å². The number of methoxy groups -OCH3 is 1. The molecule has 3 aromatic rings. The molecule has 1 fully saturated rings. The van der Waals surface area contributed by atoms with Crippen LogP contribution >= 0.6 is 0 Å². The van der Waals surface area contributed by atoms with Crippen molar-refractivity contribution >= 4 is 45.7 Å². The number of rotatable bonds is 6. The van der Waals surface area contributed by atoms with Gasteiger partial charge in [-0.15, -0.1) is 0 Å². The molecule has 0 unspecified atom stereocenters. The second-order valence-corrected chi connectivity index (χ2v) is 17.0. The van der Waals surface area contributed by atoms with Gasteiger partial charge in [-0.25, -0.2) is 4.99 Å². The Balaban J connectivity index is 1.60. The minimum Gasteiger partial charge on any atom is -0.507 e. The molecule has 1 saturated heterocycles. The number of carbonyl (C=O) groups excluding carboxylic acids is 3. The SMILES string of the molecule is CO[C@H]1/C=C/O[C@@]2(C)Oc3c(c4c(O)c(/C=N/N5CCN(C)CC5)c(c5nn(CCO)c(c3C)c45)=NC(=O)/C(C)=C\C=C\[C@H](C)[C@H](O)[C@@H](C)[C@@H](O)[C@@H](C)[C@H](OC(C)=O)[C@@H]1C)C2=O. The Morgan fingerprint density at radius 2 is 1.73 bits per heavy atom. The summed E-state index contributed by atoms with van der Waals surface area (Å²) in [7, 11) is 3.48. The molecule has 17 nitrogen and oxygen atoms in total. The fourth-order valence-electron chi connectivity index (χ4n) is 8.71. The van der Waals surface area contributed by atoms with Gasteiger partial charge < -0.3 is 44.3 Å². The van der Waals surface area contributed by atoms with E-state index in [0.29, 0.717) is 29.6 Å². The number of likely N-dealkylation sites (N-methyl/N-ethyl adjacent to an activating group) is 1. The van der Waals surface area contributed by atoms with E-state index in [2.05, 4.69) is 9.89 Å². The molecule has 62 heavy (non-hydrogen) atoms. The Morgan fingerprint density at radius 3 is 2.37 bits per heavy atom. The number of allylic oxidation sites excluding steroid dienone is 2. The number of carbonyl (C=O) groups is 3. The number of Topliss-reactive ketones (excluding diaryl/α,β-unsaturated/α-hetero) is 1. The van der Waals surface area contributed by atoms with Gasteiger partial charge in [-0.05, 0) is 27.0 Å². The summed E-state index contributed by atoms with van der Waals surface area (Å²) in [4.78, 5) is 47.9. The second-order valence-electron chi connectivity index (χ2n) is 17.0. The topological polar surface area (TPSA) is 218 Å². The lowest BCUT2D eigenvalue weighted by molar-refractivity contribution is -0.160. The number of hydrazone groups is 1. The molecule has 9 atom stereocenters. The van der Waals surface area contributed by atoms with E-state index in [1.807, 2.05) is 12.1 Å². The van der Waals surface area contributed by atoms with Crippen molar-refractivity contribution in [3.05, 3.63) is 58.2 Å². The second kappa shape index (κ2) is 18.6. The van der Waals surface area contributed by atoms with E-state index in [9.17, 15) is 34.8 Å². The molecule has 4 bridgehead atoms. The number of ether oxygens (including phenoxy) is 4. The van der Waals surface area contributed by atoms with Crippen molar-refractivity contribution in [2.45, 2.75) is 92.1 Å². The number of nitrogens with zero attached hydrogens (tertiary/aromatic N) is 6. The number of aliphatic hydroxyl groups excluding tert-OH is 3. The van der Waals surface area contributed by atoms with Gasteiger partial charge in [0, 0.05) is 92.7 Å². The summed E-state index contributed by atoms with van der Waals surface area (Å²) in [6.45, 7) is 15.5. The number of aryl methyl sites for hydroxylation is 1. The lowest BCUT2D eigenvalue weighted by Gasteiger charge is -2.38. The number of ketones is 1. The number of aromatic hydroxyl groups is 1. The number of aliphatic hydroxyl groups is 3. The molecule has 2 aromatic carbocycles. The molecule has 0 aliphatic carbocycles. The van der Waals surface area contributed by atoms with Crippen molar-refractivity contribution in [2.24, 2.45) is 33.8 Å². The van der Waals surface area contributed by atoms with Crippen molar-refractivity contribution in [3.8, 4) is 11.5 Å². The number of aromatic nitrogens is 2. The predicted molar refractivity (Wildman–Crippen MR) is 231 cm³/mol. The maximum Gasteiger partial charge on any atom is 0.312 e. The summed E-state index contributed by atoms with van der Waals surface area (Å²) in [6.07, 6.45) is 5.36. The highest BCUT2D eigenvalue weighted by Gasteiger charge is 2.50. The first-order valence-electron chi connectivity index (χ1n) is 21.1. The number of esters is 1. The molecule has 17 heteroatoms. The highest BCUT2D eigenvalue weighted by Crippen LogP contribution is 2.49. The Hall–Kier alpha value is -5.20. The molecule has 4 N–H and O–H groups in total. The van der Waals surface area contributed by atoms with E-state index in [4.69, 9.17) is 29.1 Å². The van der Waals surface area contributed by atoms with Crippen molar-refractivity contribution < 1.29 is 53.8 Å². The molecule has 1 aromatic heterocycles. The standard InChI is InChI=1S/C45H60N6O11/c1-23-12-11-13-24(2)44(58)47-35-30(22-46-50-17-15-49(9)16-18-50)40(56)32-33-36(35)48-51(19-20-52)37(33)26(4)42-34(32)43(57)45(8,62-42)60-21-14-31(59-10)25(3)41(61-29(7)53)28(6)39(55)27(5)38(23)54/h11-14,21-23,25,27-28,31,38-39,41,52,54-56H,15-20H2,1-10H3/b12-11+,21-14+,24-13-,46-22+,47-35?/t23-,25+,27+,28+,31-,38-,39+,41+,45-/m0/s1. The van der Waals surface area contributed by atoms with Crippen molar-refractivity contribution in [3.63, 3.8) is 0 Å². The molecule has 3 aliphatic rings. The minimum atomic E-state index is -1.95. The van der Waals surface area contributed by atoms with E-state index >= 15 is 0 Å². The summed E-state index contributed by atoms with van der Waals surface area (Å²) < 4.78 is 25.7. The number of fused-ring (bicyclic) bond motifs is 4. The third-order valence-corrected chi connectivity index (χ3v) is 12.6. The smallest absolute Gasteiger partial charge is 0.312 e. The third-order valence-electron chi connectivity index (χ3n) is 12.6. The average molecular weight is 861 g/mol. The summed E-state index contributed by atoms with van der Waals surface area (Å²) in [6, 6.07) is 0. The minimum absolute atomic E-state index is 0.0194. The van der Waals surface area contributed by atoms with Gasteiger partial charge in [-0.1, -0.05) is 45.9 Å². The zero-order valence-electron chi connectivity index (χ0n) is 37.2. The van der Waals surface area contributed by atoms with Crippen LogP contribution in [0.4, 0.5) is 0 Å². The first-order valence-corrected chi connectivity index (χ1v) is 21.1. The highest BCUT2D eigenvalue weighted by molar-refractivity contribution is 6.26. The summed E-state index contributed by atoms with van der Waals surface area (Å²) in [5, 5.41) is 57.4. The molecule has 4 heterocycles. The van der Waals surface area contributed by atoms with Crippen molar-refractivity contribution in [1.82, 2.24) is 19.7 Å². The number of phenols is 1. The monoisotopic (exact) mass is 860 g/mol. The fourth-order valence-corrected chi connectivity index (χ4v) is 8.71. The Labute approximate surface area is 360 Å². The van der Waals surface area contributed by atoms with E-state index < -0.39 is 71.5 Å². The maximum atomic E-state index is 14.7. The van der Waals surface area contributed by atoms with Gasteiger partial charge in [0.05, 0.1) is 60.6 Å². The van der Waals surface area contributed by atoms with Crippen LogP contribution in [0.15, 0.2) is 46.2 Å². The molecule has 1 amide bonds. The molecular weight excluding hydrogens is 801 g/mol. The predicted octanol–water partition coefficient (Wildman–Crippen LogP) is 3.19. The lowest BCUT2D eigenvalue weighted by atomic mass is 9.78. The van der Waals surface area contributed by atoms with Crippen LogP contribution in [-0.2, 0) is 30.3 Å². The van der Waals surface area contributed by atoms with E-state index in [0.717, 1.165) is 13.1 Å². The van der Waals surface area contributed by atoms with Gasteiger partial charge in [0.2, 0.25) is 0 Å². The van der Waals surface area contributed by atoms with Crippen LogP contribution in [-0.4, -0.2) is 141 Å². The van der Waals surface area contributed by atoms with Gasteiger partial charge in [0.1, 0.15) is 28.5 Å². The highest BCUT2D eigenvalue weighted by atomic mass is 16.7. The number of hydrogen-bond donors (Lipinski definition) is 4. The zero-order valence-corrected chi connectivity index (χ0v) is 37.2. The van der Waals surface area contributed by atoms with Crippen LogP contribution in [0, 0.1) is 30.6 Å². The van der Waals surface area contributed by atoms with Crippen LogP contribution < -0.4 is 10.1 Å². The van der Waals surface area contributed by atoms with Crippen LogP contribution in [0.1, 0.15) is 70.0 Å². The Kier molecular flexibility index (Phi) is 13.9. The number of hydrogen-bond acceptors (Lipinski definition) is 15. The van der Waals surface area contributed by atoms with E-state index in [1.54, 1.807) is 65.8 Å². The zero-order chi connectivity index (χ0) is 45.4. The van der Waals surface area contributed by atoms with E-state index in [-0.39, 0.29) is 57.6 Å². The Bertz CT molecular complexity index is 2380. The van der Waals surface area contributed by atoms with Gasteiger partial charge in [0.25, 0.3) is 11.7 Å². The molecule has 0 spiro atoms. The largest absolute Gasteiger partial charge is 0.507 e. The summed E-state index contributed by atoms with van der Waals surface area (Å²) >= 11 is 0. The van der Waals surface area contributed by atoms with Crippen LogP contribution in [0.2, 0.25) is 0 Å². The quantitative estimate of drug-likeness (QED) is 0.207. The van der Waals surface area contributed by atoms with Crippen molar-refractivity contribution in [2.75, 3.05) is 46.9 Å². The molecule has 3 aliphatic heterocycles. The van der Waals surface area contributed by atoms with Gasteiger partial charge in [-0.3, -0.25) is 24.1 Å². The van der Waals surface area contributed by atoms with Crippen molar-refractivity contribution in [1.29, 1.82) is 0 Å². The number of benzene rings is 2. The summed E-state index contributed by atoms with van der Waals surface area (Å²) in [5.41, 5.74) is 1.41. The average Bonchev–Trinajstić information content (AvgIpc) is 3.74. The molecule has 6 rings (SSSR count). The van der Waals surface area contributed by atoms with Gasteiger partial charge >= 0.3 is 11.8 Å². The third kappa shape index (κ3) is 8.73. The maximum absolute atomic E-state index is 14.7. The molecular formula is C45H60N6O11. The normalized spacial score (nSPS) is 31.3. The fraction of sp³-hybridized carbons (Fsp3) is 0.556. The van der Waals surface area contributed by atoms with Gasteiger partial charge in [-0.2, -0.15) is 10.2 Å². The van der Waals surface area contributed by atoms with Gasteiger partial charge in [0.15, 0.2) is 0 Å². The first-order chi connectivity index (χ1) is 29.3. The van der Waals surface area contributed by atoms with E-state index in [1.165, 1.54) is 38.1 Å². The van der Waals surface area contributed by atoms with Crippen LogP contribution in [0.3, 0.4) is 0 Å².